The van der Waals surface area contributed by atoms with Crippen molar-refractivity contribution < 1.29 is 9.15 Å². The Morgan fingerprint density at radius 3 is 3.07 bits per heavy atom. The van der Waals surface area contributed by atoms with E-state index >= 15 is 0 Å². The molecule has 1 aromatic rings. The Morgan fingerprint density at radius 2 is 2.50 bits per heavy atom. The lowest BCUT2D eigenvalue weighted by atomic mass is 9.92. The lowest BCUT2D eigenvalue weighted by Crippen LogP contribution is -2.31. The molecule has 1 fully saturated rings. The molecule has 2 rings (SSSR count). The number of hydrogen-bond donors (Lipinski definition) is 1. The summed E-state index contributed by atoms with van der Waals surface area (Å²) in [5.41, 5.74) is 0. The van der Waals surface area contributed by atoms with E-state index in [1.807, 2.05) is 19.2 Å². The summed E-state index contributed by atoms with van der Waals surface area (Å²) in [7, 11) is 1.97. The van der Waals surface area contributed by atoms with Gasteiger partial charge in [-0.2, -0.15) is 0 Å². The largest absolute Gasteiger partial charge is 0.468 e. The molecule has 1 aliphatic rings. The SMILES string of the molecule is CNC(c1ccco1)C1CCCOC1. The second-order valence-electron chi connectivity index (χ2n) is 3.76. The maximum atomic E-state index is 5.48. The lowest BCUT2D eigenvalue weighted by Gasteiger charge is -2.28. The van der Waals surface area contributed by atoms with E-state index < -0.39 is 0 Å². The average molecular weight is 195 g/mol. The van der Waals surface area contributed by atoms with E-state index in [1.165, 1.54) is 6.42 Å². The highest BCUT2D eigenvalue weighted by molar-refractivity contribution is 5.06. The van der Waals surface area contributed by atoms with Crippen LogP contribution in [-0.2, 0) is 4.74 Å². The molecule has 0 spiro atoms. The Bertz CT molecular complexity index is 252. The summed E-state index contributed by atoms with van der Waals surface area (Å²) in [5.74, 6) is 1.56. The van der Waals surface area contributed by atoms with Gasteiger partial charge in [0.25, 0.3) is 0 Å². The van der Waals surface area contributed by atoms with Crippen molar-refractivity contribution in [2.45, 2.75) is 18.9 Å². The fraction of sp³-hybridized carbons (Fsp3) is 0.636. The molecular formula is C11H17NO2. The zero-order valence-electron chi connectivity index (χ0n) is 8.53. The Labute approximate surface area is 84.4 Å². The number of furan rings is 1. The van der Waals surface area contributed by atoms with Crippen LogP contribution in [0.1, 0.15) is 24.6 Å². The van der Waals surface area contributed by atoms with Crippen molar-refractivity contribution in [2.24, 2.45) is 5.92 Å². The van der Waals surface area contributed by atoms with Crippen LogP contribution in [0.5, 0.6) is 0 Å². The van der Waals surface area contributed by atoms with Gasteiger partial charge in [-0.05, 0) is 32.0 Å². The molecule has 3 nitrogen and oxygen atoms in total. The van der Waals surface area contributed by atoms with Gasteiger partial charge in [-0.15, -0.1) is 0 Å². The summed E-state index contributed by atoms with van der Waals surface area (Å²) in [5, 5.41) is 3.30. The van der Waals surface area contributed by atoms with Gasteiger partial charge in [-0.3, -0.25) is 0 Å². The molecule has 0 radical (unpaired) electrons. The third-order valence-corrected chi connectivity index (χ3v) is 2.83. The van der Waals surface area contributed by atoms with Crippen molar-refractivity contribution in [2.75, 3.05) is 20.3 Å². The lowest BCUT2D eigenvalue weighted by molar-refractivity contribution is 0.0368. The van der Waals surface area contributed by atoms with E-state index in [9.17, 15) is 0 Å². The molecule has 0 aromatic carbocycles. The molecule has 1 saturated heterocycles. The molecule has 78 valence electrons. The highest BCUT2D eigenvalue weighted by atomic mass is 16.5. The molecule has 2 atom stereocenters. The number of hydrogen-bond acceptors (Lipinski definition) is 3. The summed E-state index contributed by atoms with van der Waals surface area (Å²) in [6.45, 7) is 1.75. The predicted octanol–water partition coefficient (Wildman–Crippen LogP) is 1.97. The minimum Gasteiger partial charge on any atom is -0.468 e. The number of ether oxygens (including phenoxy) is 1. The van der Waals surface area contributed by atoms with E-state index in [4.69, 9.17) is 9.15 Å². The third kappa shape index (κ3) is 1.99. The van der Waals surface area contributed by atoms with Crippen molar-refractivity contribution in [3.63, 3.8) is 0 Å². The van der Waals surface area contributed by atoms with Gasteiger partial charge in [0.15, 0.2) is 0 Å². The van der Waals surface area contributed by atoms with Crippen LogP contribution in [0.2, 0.25) is 0 Å². The van der Waals surface area contributed by atoms with E-state index in [2.05, 4.69) is 5.32 Å². The predicted molar refractivity (Wildman–Crippen MR) is 54.1 cm³/mol. The van der Waals surface area contributed by atoms with Crippen LogP contribution < -0.4 is 5.32 Å². The van der Waals surface area contributed by atoms with E-state index in [1.54, 1.807) is 6.26 Å². The molecule has 1 N–H and O–H groups in total. The van der Waals surface area contributed by atoms with Gasteiger partial charge in [0.1, 0.15) is 5.76 Å². The van der Waals surface area contributed by atoms with Crippen LogP contribution >= 0.6 is 0 Å². The molecule has 1 aromatic heterocycles. The Morgan fingerprint density at radius 1 is 1.57 bits per heavy atom. The van der Waals surface area contributed by atoms with E-state index in [-0.39, 0.29) is 0 Å². The van der Waals surface area contributed by atoms with Gasteiger partial charge >= 0.3 is 0 Å². The summed E-state index contributed by atoms with van der Waals surface area (Å²) in [6.07, 6.45) is 4.10. The van der Waals surface area contributed by atoms with Crippen LogP contribution in [-0.4, -0.2) is 20.3 Å². The maximum absolute atomic E-state index is 5.48. The second kappa shape index (κ2) is 4.62. The zero-order chi connectivity index (χ0) is 9.80. The highest BCUT2D eigenvalue weighted by Gasteiger charge is 2.25. The Hall–Kier alpha value is -0.800. The first-order chi connectivity index (χ1) is 6.92. The van der Waals surface area contributed by atoms with Crippen molar-refractivity contribution >= 4 is 0 Å². The van der Waals surface area contributed by atoms with E-state index in [0.29, 0.717) is 12.0 Å². The third-order valence-electron chi connectivity index (χ3n) is 2.83. The van der Waals surface area contributed by atoms with Crippen molar-refractivity contribution in [3.05, 3.63) is 24.2 Å². The number of nitrogens with one attached hydrogen (secondary N) is 1. The molecule has 0 aliphatic carbocycles. The van der Waals surface area contributed by atoms with Gasteiger partial charge in [0.05, 0.1) is 18.9 Å². The van der Waals surface area contributed by atoms with Crippen LogP contribution in [0.25, 0.3) is 0 Å². The maximum Gasteiger partial charge on any atom is 0.121 e. The first-order valence-electron chi connectivity index (χ1n) is 5.20. The molecule has 3 heteroatoms. The summed E-state index contributed by atoms with van der Waals surface area (Å²) >= 11 is 0. The van der Waals surface area contributed by atoms with E-state index in [0.717, 1.165) is 25.4 Å². The molecule has 1 aliphatic heterocycles. The minimum absolute atomic E-state index is 0.297. The van der Waals surface area contributed by atoms with Crippen molar-refractivity contribution in [3.8, 4) is 0 Å². The molecule has 2 unspecified atom stereocenters. The molecule has 14 heavy (non-hydrogen) atoms. The summed E-state index contributed by atoms with van der Waals surface area (Å²) in [4.78, 5) is 0. The van der Waals surface area contributed by atoms with Gasteiger partial charge in [0.2, 0.25) is 0 Å². The van der Waals surface area contributed by atoms with Gasteiger partial charge in [-0.1, -0.05) is 0 Å². The minimum atomic E-state index is 0.297. The quantitative estimate of drug-likeness (QED) is 0.800. The normalized spacial score (nSPS) is 24.8. The summed E-state index contributed by atoms with van der Waals surface area (Å²) < 4.78 is 10.9. The van der Waals surface area contributed by atoms with Gasteiger partial charge in [0, 0.05) is 12.5 Å². The first kappa shape index (κ1) is 9.74. The van der Waals surface area contributed by atoms with Crippen LogP contribution in [0.3, 0.4) is 0 Å². The van der Waals surface area contributed by atoms with Gasteiger partial charge in [-0.25, -0.2) is 0 Å². The molecule has 2 heterocycles. The van der Waals surface area contributed by atoms with Crippen molar-refractivity contribution in [1.29, 1.82) is 0 Å². The zero-order valence-corrected chi connectivity index (χ0v) is 8.53. The molecule has 0 amide bonds. The Kier molecular flexibility index (Phi) is 3.22. The topological polar surface area (TPSA) is 34.4 Å². The van der Waals surface area contributed by atoms with Crippen LogP contribution in [0.15, 0.2) is 22.8 Å². The van der Waals surface area contributed by atoms with Crippen LogP contribution in [0.4, 0.5) is 0 Å². The molecule has 0 saturated carbocycles. The van der Waals surface area contributed by atoms with Crippen molar-refractivity contribution in [1.82, 2.24) is 5.32 Å². The summed E-state index contributed by atoms with van der Waals surface area (Å²) in [6, 6.07) is 4.25. The highest BCUT2D eigenvalue weighted by Crippen LogP contribution is 2.28. The first-order valence-corrected chi connectivity index (χ1v) is 5.20. The average Bonchev–Trinajstić information content (AvgIpc) is 2.74. The molecule has 0 bridgehead atoms. The molecular weight excluding hydrogens is 178 g/mol. The fourth-order valence-electron chi connectivity index (χ4n) is 2.11. The van der Waals surface area contributed by atoms with Gasteiger partial charge < -0.3 is 14.5 Å². The smallest absolute Gasteiger partial charge is 0.121 e. The Balaban J connectivity index is 2.04. The number of rotatable bonds is 3. The second-order valence-corrected chi connectivity index (χ2v) is 3.76. The standard InChI is InChI=1S/C11H17NO2/c1-12-11(10-5-3-7-14-10)9-4-2-6-13-8-9/h3,5,7,9,11-12H,2,4,6,8H2,1H3. The van der Waals surface area contributed by atoms with Crippen LogP contribution in [0, 0.1) is 5.92 Å². The fourth-order valence-corrected chi connectivity index (χ4v) is 2.11. The monoisotopic (exact) mass is 195 g/mol.